The second-order valence-corrected chi connectivity index (χ2v) is 6.49. The van der Waals surface area contributed by atoms with Crippen molar-refractivity contribution in [2.24, 2.45) is 0 Å². The fraction of sp³-hybridized carbons (Fsp3) is 0.333. The van der Waals surface area contributed by atoms with Gasteiger partial charge in [0, 0.05) is 11.0 Å². The molecule has 0 heterocycles. The smallest absolute Gasteiger partial charge is 0.335 e. The third-order valence-electron chi connectivity index (χ3n) is 2.39. The van der Waals surface area contributed by atoms with E-state index >= 15 is 0 Å². The molecule has 0 unspecified atom stereocenters. The maximum atomic E-state index is 12.0. The zero-order chi connectivity index (χ0) is 16.0. The Balaban J connectivity index is 2.79. The molecular formula is C12H14BrNO6S. The van der Waals surface area contributed by atoms with E-state index in [1.807, 2.05) is 0 Å². The maximum absolute atomic E-state index is 12.0. The molecule has 21 heavy (non-hydrogen) atoms. The standard InChI is InChI=1S/C12H14BrNO6S/c1-2-20-11(15)5-6-14-21(18,19)10-4-3-8(12(16)17)7-9(10)13/h3-4,7,14H,2,5-6H2,1H3,(H,16,17). The van der Waals surface area contributed by atoms with Gasteiger partial charge >= 0.3 is 11.9 Å². The van der Waals surface area contributed by atoms with Crippen LogP contribution in [0.5, 0.6) is 0 Å². The van der Waals surface area contributed by atoms with Crippen LogP contribution < -0.4 is 4.72 Å². The number of nitrogens with one attached hydrogen (secondary N) is 1. The number of aromatic carboxylic acids is 1. The lowest BCUT2D eigenvalue weighted by Gasteiger charge is -2.09. The number of benzene rings is 1. The first-order valence-corrected chi connectivity index (χ1v) is 8.23. The first kappa shape index (κ1) is 17.6. The number of sulfonamides is 1. The van der Waals surface area contributed by atoms with Crippen molar-refractivity contribution in [3.63, 3.8) is 0 Å². The number of rotatable bonds is 7. The molecule has 1 rings (SSSR count). The summed E-state index contributed by atoms with van der Waals surface area (Å²) in [5.41, 5.74) is -0.0349. The molecule has 0 aliphatic rings. The van der Waals surface area contributed by atoms with Crippen LogP contribution in [0.1, 0.15) is 23.7 Å². The lowest BCUT2D eigenvalue weighted by atomic mass is 10.2. The number of esters is 1. The quantitative estimate of drug-likeness (QED) is 0.692. The minimum atomic E-state index is -3.84. The summed E-state index contributed by atoms with van der Waals surface area (Å²) in [4.78, 5) is 21.8. The number of ether oxygens (including phenoxy) is 1. The average molecular weight is 380 g/mol. The number of carboxylic acid groups (broad SMARTS) is 1. The highest BCUT2D eigenvalue weighted by Gasteiger charge is 2.19. The van der Waals surface area contributed by atoms with E-state index in [9.17, 15) is 18.0 Å². The van der Waals surface area contributed by atoms with Gasteiger partial charge in [-0.2, -0.15) is 0 Å². The van der Waals surface area contributed by atoms with Crippen LogP contribution in [0.15, 0.2) is 27.6 Å². The summed E-state index contributed by atoms with van der Waals surface area (Å²) < 4.78 is 31.1. The number of hydrogen-bond donors (Lipinski definition) is 2. The topological polar surface area (TPSA) is 110 Å². The number of halogens is 1. The molecule has 0 bridgehead atoms. The van der Waals surface area contributed by atoms with Crippen molar-refractivity contribution >= 4 is 37.9 Å². The van der Waals surface area contributed by atoms with Gasteiger partial charge in [-0.25, -0.2) is 17.9 Å². The zero-order valence-corrected chi connectivity index (χ0v) is 13.5. The second kappa shape index (κ2) is 7.53. The summed E-state index contributed by atoms with van der Waals surface area (Å²) in [7, 11) is -3.84. The van der Waals surface area contributed by atoms with Crippen LogP contribution in [0.25, 0.3) is 0 Å². The molecule has 1 aromatic rings. The molecule has 0 saturated carbocycles. The summed E-state index contributed by atoms with van der Waals surface area (Å²) in [6, 6.07) is 3.56. The Morgan fingerprint density at radius 3 is 2.57 bits per heavy atom. The Morgan fingerprint density at radius 2 is 2.05 bits per heavy atom. The fourth-order valence-corrected chi connectivity index (χ4v) is 3.56. The first-order valence-electron chi connectivity index (χ1n) is 5.96. The number of carbonyl (C=O) groups excluding carboxylic acids is 1. The monoisotopic (exact) mass is 379 g/mol. The summed E-state index contributed by atoms with van der Waals surface area (Å²) in [6.07, 6.45) is -0.0854. The third kappa shape index (κ3) is 5.10. The molecule has 2 N–H and O–H groups in total. The van der Waals surface area contributed by atoms with E-state index < -0.39 is 22.0 Å². The van der Waals surface area contributed by atoms with Crippen LogP contribution in [0.3, 0.4) is 0 Å². The predicted octanol–water partition coefficient (Wildman–Crippen LogP) is 1.38. The van der Waals surface area contributed by atoms with Gasteiger partial charge in [-0.3, -0.25) is 4.79 Å². The Bertz CT molecular complexity index is 643. The maximum Gasteiger partial charge on any atom is 0.335 e. The van der Waals surface area contributed by atoms with E-state index in [0.29, 0.717) is 0 Å². The molecule has 0 fully saturated rings. The summed E-state index contributed by atoms with van der Waals surface area (Å²) >= 11 is 3.02. The van der Waals surface area contributed by atoms with Gasteiger partial charge in [-0.05, 0) is 41.1 Å². The molecule has 0 aromatic heterocycles. The first-order chi connectivity index (χ1) is 9.77. The second-order valence-electron chi connectivity index (χ2n) is 3.90. The summed E-state index contributed by atoms with van der Waals surface area (Å²) in [5, 5.41) is 8.82. The molecular weight excluding hydrogens is 366 g/mol. The molecule has 1 aromatic carbocycles. The summed E-state index contributed by atoms with van der Waals surface area (Å²) in [6.45, 7) is 1.78. The Hall–Kier alpha value is -1.45. The van der Waals surface area contributed by atoms with Crippen LogP contribution in [-0.4, -0.2) is 38.6 Å². The molecule has 0 aliphatic carbocycles. The van der Waals surface area contributed by atoms with Gasteiger partial charge in [0.05, 0.1) is 23.5 Å². The van der Waals surface area contributed by atoms with E-state index in [-0.39, 0.29) is 34.5 Å². The molecule has 7 nitrogen and oxygen atoms in total. The van der Waals surface area contributed by atoms with E-state index in [1.165, 1.54) is 18.2 Å². The van der Waals surface area contributed by atoms with E-state index in [2.05, 4.69) is 25.4 Å². The van der Waals surface area contributed by atoms with Crippen LogP contribution in [-0.2, 0) is 19.6 Å². The molecule has 0 amide bonds. The van der Waals surface area contributed by atoms with Crippen molar-refractivity contribution in [1.82, 2.24) is 4.72 Å². The van der Waals surface area contributed by atoms with Crippen LogP contribution in [0.4, 0.5) is 0 Å². The third-order valence-corrected chi connectivity index (χ3v) is 4.83. The predicted molar refractivity (Wildman–Crippen MR) is 77.5 cm³/mol. The number of carbonyl (C=O) groups is 2. The minimum Gasteiger partial charge on any atom is -0.478 e. The highest BCUT2D eigenvalue weighted by Crippen LogP contribution is 2.23. The largest absolute Gasteiger partial charge is 0.478 e. The molecule has 0 saturated heterocycles. The molecule has 116 valence electrons. The van der Waals surface area contributed by atoms with Crippen molar-refractivity contribution < 1.29 is 27.9 Å². The van der Waals surface area contributed by atoms with Gasteiger partial charge in [0.1, 0.15) is 0 Å². The van der Waals surface area contributed by atoms with E-state index in [1.54, 1.807) is 6.92 Å². The Kier molecular flexibility index (Phi) is 6.31. The van der Waals surface area contributed by atoms with Gasteiger partial charge in [-0.15, -0.1) is 0 Å². The van der Waals surface area contributed by atoms with Gasteiger partial charge in [-0.1, -0.05) is 0 Å². The number of hydrogen-bond acceptors (Lipinski definition) is 5. The van der Waals surface area contributed by atoms with Crippen molar-refractivity contribution in [3.05, 3.63) is 28.2 Å². The summed E-state index contributed by atoms with van der Waals surface area (Å²) in [5.74, 6) is -1.66. The minimum absolute atomic E-state index is 0.0349. The van der Waals surface area contributed by atoms with E-state index in [0.717, 1.165) is 0 Å². The Labute approximate surface area is 130 Å². The fourth-order valence-electron chi connectivity index (χ4n) is 1.45. The molecule has 0 spiro atoms. The molecule has 0 radical (unpaired) electrons. The highest BCUT2D eigenvalue weighted by molar-refractivity contribution is 9.10. The normalized spacial score (nSPS) is 11.1. The highest BCUT2D eigenvalue weighted by atomic mass is 79.9. The lowest BCUT2D eigenvalue weighted by Crippen LogP contribution is -2.27. The van der Waals surface area contributed by atoms with Gasteiger partial charge in [0.15, 0.2) is 0 Å². The van der Waals surface area contributed by atoms with Gasteiger partial charge in [0.2, 0.25) is 10.0 Å². The van der Waals surface area contributed by atoms with Crippen molar-refractivity contribution in [3.8, 4) is 0 Å². The molecule has 9 heteroatoms. The van der Waals surface area contributed by atoms with Crippen LogP contribution in [0.2, 0.25) is 0 Å². The van der Waals surface area contributed by atoms with Crippen molar-refractivity contribution in [2.45, 2.75) is 18.2 Å². The zero-order valence-electron chi connectivity index (χ0n) is 11.1. The number of carboxylic acids is 1. The van der Waals surface area contributed by atoms with Crippen molar-refractivity contribution in [1.29, 1.82) is 0 Å². The van der Waals surface area contributed by atoms with Gasteiger partial charge in [0.25, 0.3) is 0 Å². The average Bonchev–Trinajstić information content (AvgIpc) is 2.38. The SMILES string of the molecule is CCOC(=O)CCNS(=O)(=O)c1ccc(C(=O)O)cc1Br. The van der Waals surface area contributed by atoms with Crippen molar-refractivity contribution in [2.75, 3.05) is 13.2 Å². The lowest BCUT2D eigenvalue weighted by molar-refractivity contribution is -0.142. The molecule has 0 aliphatic heterocycles. The van der Waals surface area contributed by atoms with E-state index in [4.69, 9.17) is 5.11 Å². The van der Waals surface area contributed by atoms with Crippen LogP contribution in [0, 0.1) is 0 Å². The van der Waals surface area contributed by atoms with Crippen LogP contribution >= 0.6 is 15.9 Å². The Morgan fingerprint density at radius 1 is 1.38 bits per heavy atom. The van der Waals surface area contributed by atoms with Gasteiger partial charge < -0.3 is 9.84 Å². The molecule has 0 atom stereocenters.